The Balaban J connectivity index is 1.96. The lowest BCUT2D eigenvalue weighted by Gasteiger charge is -2.26. The largest absolute Gasteiger partial charge is 0.507 e. The number of ether oxygens (including phenoxy) is 2. The molecule has 0 aromatic heterocycles. The Bertz CT molecular complexity index is 1350. The second-order valence-corrected chi connectivity index (χ2v) is 10.2. The number of ketones is 1. The molecule has 7 heteroatoms. The number of Topliss-reactive ketones (excluding diaryl/α,β-unsaturated/α-hetero) is 1. The van der Waals surface area contributed by atoms with E-state index in [0.717, 1.165) is 5.56 Å². The Kier molecular flexibility index (Phi) is 7.32. The fourth-order valence-electron chi connectivity index (χ4n) is 4.43. The zero-order valence-electron chi connectivity index (χ0n) is 21.5. The van der Waals surface area contributed by atoms with Crippen LogP contribution in [-0.2, 0) is 15.0 Å². The van der Waals surface area contributed by atoms with Gasteiger partial charge in [0.15, 0.2) is 0 Å². The molecule has 1 unspecified atom stereocenters. The van der Waals surface area contributed by atoms with Gasteiger partial charge in [-0.2, -0.15) is 0 Å². The molecule has 1 aliphatic rings. The van der Waals surface area contributed by atoms with Crippen molar-refractivity contribution in [2.75, 3.05) is 18.6 Å². The number of anilines is 1. The van der Waals surface area contributed by atoms with E-state index in [1.165, 1.54) is 12.0 Å². The molecular formula is C30H30ClNO5. The van der Waals surface area contributed by atoms with Gasteiger partial charge in [0, 0.05) is 10.7 Å². The van der Waals surface area contributed by atoms with Gasteiger partial charge in [-0.3, -0.25) is 14.5 Å². The highest BCUT2D eigenvalue weighted by Crippen LogP contribution is 2.44. The first-order chi connectivity index (χ1) is 17.6. The molecule has 1 saturated heterocycles. The lowest BCUT2D eigenvalue weighted by atomic mass is 9.85. The number of amides is 1. The van der Waals surface area contributed by atoms with E-state index >= 15 is 0 Å². The molecule has 0 spiro atoms. The van der Waals surface area contributed by atoms with Crippen LogP contribution in [0.1, 0.15) is 50.4 Å². The van der Waals surface area contributed by atoms with Crippen molar-refractivity contribution in [3.05, 3.63) is 94.0 Å². The highest BCUT2D eigenvalue weighted by molar-refractivity contribution is 6.51. The van der Waals surface area contributed by atoms with Crippen LogP contribution in [0.15, 0.2) is 72.3 Å². The molecule has 0 bridgehead atoms. The fraction of sp³-hybridized carbons (Fsp3) is 0.267. The molecule has 1 fully saturated rings. The number of aliphatic hydroxyl groups is 1. The average Bonchev–Trinajstić information content (AvgIpc) is 3.14. The number of carbonyl (C=O) groups is 2. The summed E-state index contributed by atoms with van der Waals surface area (Å²) >= 11 is 6.08. The molecule has 1 heterocycles. The Labute approximate surface area is 222 Å². The summed E-state index contributed by atoms with van der Waals surface area (Å²) in [5.41, 5.74) is 2.18. The van der Waals surface area contributed by atoms with Crippen LogP contribution in [0.5, 0.6) is 11.5 Å². The highest BCUT2D eigenvalue weighted by atomic mass is 35.5. The summed E-state index contributed by atoms with van der Waals surface area (Å²) in [5, 5.41) is 12.1. The quantitative estimate of drug-likeness (QED) is 0.223. The van der Waals surface area contributed by atoms with Crippen molar-refractivity contribution in [1.29, 1.82) is 0 Å². The maximum Gasteiger partial charge on any atom is 0.300 e. The minimum atomic E-state index is -0.875. The number of carbonyl (C=O) groups excluding carboxylic acids is 2. The molecule has 3 aromatic rings. The van der Waals surface area contributed by atoms with Crippen LogP contribution in [0.3, 0.4) is 0 Å². The molecule has 1 amide bonds. The van der Waals surface area contributed by atoms with E-state index in [1.54, 1.807) is 60.7 Å². The smallest absolute Gasteiger partial charge is 0.300 e. The van der Waals surface area contributed by atoms with Crippen molar-refractivity contribution >= 4 is 34.7 Å². The van der Waals surface area contributed by atoms with Gasteiger partial charge in [0.1, 0.15) is 17.3 Å². The third-order valence-electron chi connectivity index (χ3n) is 6.38. The number of hydrogen-bond acceptors (Lipinski definition) is 5. The number of halogens is 1. The average molecular weight is 520 g/mol. The van der Waals surface area contributed by atoms with Crippen LogP contribution in [0.25, 0.3) is 5.76 Å². The first-order valence-corrected chi connectivity index (χ1v) is 12.4. The summed E-state index contributed by atoms with van der Waals surface area (Å²) in [4.78, 5) is 28.3. The maximum atomic E-state index is 13.5. The van der Waals surface area contributed by atoms with Crippen LogP contribution in [-0.4, -0.2) is 30.5 Å². The van der Waals surface area contributed by atoms with Gasteiger partial charge in [-0.1, -0.05) is 50.6 Å². The monoisotopic (exact) mass is 519 g/mol. The maximum absolute atomic E-state index is 13.5. The van der Waals surface area contributed by atoms with Crippen molar-refractivity contribution < 1.29 is 24.2 Å². The highest BCUT2D eigenvalue weighted by Gasteiger charge is 2.47. The molecule has 6 nitrogen and oxygen atoms in total. The van der Waals surface area contributed by atoms with E-state index in [4.69, 9.17) is 21.1 Å². The van der Waals surface area contributed by atoms with Crippen LogP contribution in [0, 0.1) is 0 Å². The molecule has 0 radical (unpaired) electrons. The number of benzene rings is 3. The van der Waals surface area contributed by atoms with Gasteiger partial charge in [-0.25, -0.2) is 0 Å². The molecule has 192 valence electrons. The molecule has 1 N–H and O–H groups in total. The summed E-state index contributed by atoms with van der Waals surface area (Å²) in [6, 6.07) is 18.4. The predicted molar refractivity (Wildman–Crippen MR) is 146 cm³/mol. The third-order valence-corrected chi connectivity index (χ3v) is 6.63. The lowest BCUT2D eigenvalue weighted by molar-refractivity contribution is -0.132. The molecule has 0 aliphatic carbocycles. The summed E-state index contributed by atoms with van der Waals surface area (Å²) in [7, 11) is 1.50. The number of methoxy groups -OCH3 is 1. The molecule has 3 aromatic carbocycles. The Hall–Kier alpha value is -3.77. The minimum Gasteiger partial charge on any atom is -0.507 e. The topological polar surface area (TPSA) is 76.1 Å². The minimum absolute atomic E-state index is 0.0199. The van der Waals surface area contributed by atoms with Gasteiger partial charge in [-0.15, -0.1) is 0 Å². The van der Waals surface area contributed by atoms with Crippen molar-refractivity contribution in [1.82, 2.24) is 0 Å². The van der Waals surface area contributed by atoms with Crippen molar-refractivity contribution in [2.45, 2.75) is 39.2 Å². The predicted octanol–water partition coefficient (Wildman–Crippen LogP) is 6.67. The van der Waals surface area contributed by atoms with Gasteiger partial charge >= 0.3 is 0 Å². The second-order valence-electron chi connectivity index (χ2n) is 9.81. The summed E-state index contributed by atoms with van der Waals surface area (Å²) in [5.74, 6) is -0.761. The van der Waals surface area contributed by atoms with E-state index in [2.05, 4.69) is 20.8 Å². The fourth-order valence-corrected chi connectivity index (χ4v) is 4.56. The molecule has 0 saturated carbocycles. The van der Waals surface area contributed by atoms with E-state index < -0.39 is 17.7 Å². The Morgan fingerprint density at radius 3 is 2.22 bits per heavy atom. The number of rotatable bonds is 6. The first-order valence-electron chi connectivity index (χ1n) is 12.0. The van der Waals surface area contributed by atoms with Gasteiger partial charge in [0.05, 0.1) is 30.9 Å². The van der Waals surface area contributed by atoms with Crippen LogP contribution >= 0.6 is 11.6 Å². The zero-order valence-corrected chi connectivity index (χ0v) is 22.3. The van der Waals surface area contributed by atoms with E-state index in [9.17, 15) is 14.7 Å². The normalized spacial score (nSPS) is 17.2. The van der Waals surface area contributed by atoms with Gasteiger partial charge in [0.25, 0.3) is 11.7 Å². The Morgan fingerprint density at radius 2 is 1.65 bits per heavy atom. The molecule has 4 rings (SSSR count). The summed E-state index contributed by atoms with van der Waals surface area (Å²) in [6.07, 6.45) is 0. The number of nitrogens with zero attached hydrogens (tertiary/aromatic N) is 1. The SMILES string of the molecule is CCOc1ccc(C2/C(=C(\O)c3cc(C(C)(C)C)ccc3OC)C(=O)C(=O)N2c2ccc(Cl)cc2)cc1. The molecule has 37 heavy (non-hydrogen) atoms. The van der Waals surface area contributed by atoms with Crippen LogP contribution < -0.4 is 14.4 Å². The molecule has 1 atom stereocenters. The van der Waals surface area contributed by atoms with Crippen LogP contribution in [0.4, 0.5) is 5.69 Å². The summed E-state index contributed by atoms with van der Waals surface area (Å²) in [6.45, 7) is 8.56. The summed E-state index contributed by atoms with van der Waals surface area (Å²) < 4.78 is 11.1. The molecular weight excluding hydrogens is 490 g/mol. The number of aliphatic hydroxyl groups excluding tert-OH is 1. The number of hydrogen-bond donors (Lipinski definition) is 1. The van der Waals surface area contributed by atoms with Gasteiger partial charge < -0.3 is 14.6 Å². The van der Waals surface area contributed by atoms with Crippen molar-refractivity contribution in [2.24, 2.45) is 0 Å². The zero-order chi connectivity index (χ0) is 26.9. The van der Waals surface area contributed by atoms with E-state index in [-0.39, 0.29) is 16.7 Å². The van der Waals surface area contributed by atoms with Crippen molar-refractivity contribution in [3.63, 3.8) is 0 Å². The van der Waals surface area contributed by atoms with E-state index in [1.807, 2.05) is 13.0 Å². The second kappa shape index (κ2) is 10.3. The van der Waals surface area contributed by atoms with Crippen LogP contribution in [0.2, 0.25) is 5.02 Å². The van der Waals surface area contributed by atoms with Crippen molar-refractivity contribution in [3.8, 4) is 11.5 Å². The van der Waals surface area contributed by atoms with E-state index in [0.29, 0.717) is 39.9 Å². The first kappa shape index (κ1) is 26.3. The molecule has 1 aliphatic heterocycles. The third kappa shape index (κ3) is 5.07. The standard InChI is InChI=1S/C30H30ClNO5/c1-6-37-22-14-7-18(8-15-22)26-25(28(34)29(35)32(26)21-12-10-20(31)11-13-21)27(33)23-17-19(30(2,3)4)9-16-24(23)36-5/h7-17,26,33H,6H2,1-5H3/b27-25+. The lowest BCUT2D eigenvalue weighted by Crippen LogP contribution is -2.29. The Morgan fingerprint density at radius 1 is 1.00 bits per heavy atom. The van der Waals surface area contributed by atoms with Gasteiger partial charge in [-0.05, 0) is 72.0 Å². The van der Waals surface area contributed by atoms with Gasteiger partial charge in [0.2, 0.25) is 0 Å².